The molecule has 128 valence electrons. The summed E-state index contributed by atoms with van der Waals surface area (Å²) in [6, 6.07) is 7.32. The van der Waals surface area contributed by atoms with Crippen molar-refractivity contribution in [3.63, 3.8) is 0 Å². The molecule has 6 nitrogen and oxygen atoms in total. The van der Waals surface area contributed by atoms with Crippen LogP contribution in [0.4, 0.5) is 11.8 Å². The summed E-state index contributed by atoms with van der Waals surface area (Å²) < 4.78 is 5.86. The summed E-state index contributed by atoms with van der Waals surface area (Å²) in [6.07, 6.45) is 5.64. The highest BCUT2D eigenvalue weighted by molar-refractivity contribution is 6.30. The molecule has 2 aromatic rings. The number of nitrogens with one attached hydrogen (secondary N) is 1. The molecular formula is C17H21ClN4O2. The molecule has 0 saturated heterocycles. The van der Waals surface area contributed by atoms with Gasteiger partial charge >= 0.3 is 0 Å². The highest BCUT2D eigenvalue weighted by Crippen LogP contribution is 2.32. The first-order valence-electron chi connectivity index (χ1n) is 8.07. The quantitative estimate of drug-likeness (QED) is 0.766. The second kappa shape index (κ2) is 7.68. The van der Waals surface area contributed by atoms with Crippen LogP contribution >= 0.6 is 11.6 Å². The Bertz CT molecular complexity index is 681. The number of hydrogen-bond acceptors (Lipinski definition) is 6. The van der Waals surface area contributed by atoms with Crippen LogP contribution in [0.3, 0.4) is 0 Å². The Morgan fingerprint density at radius 1 is 1.29 bits per heavy atom. The third-order valence-corrected chi connectivity index (χ3v) is 4.45. The van der Waals surface area contributed by atoms with E-state index in [9.17, 15) is 5.11 Å². The highest BCUT2D eigenvalue weighted by Gasteiger charge is 2.23. The number of aromatic nitrogens is 2. The minimum atomic E-state index is 0.190. The molecule has 4 N–H and O–H groups in total. The Labute approximate surface area is 146 Å². The van der Waals surface area contributed by atoms with Gasteiger partial charge in [-0.3, -0.25) is 0 Å². The first-order chi connectivity index (χ1) is 11.6. The van der Waals surface area contributed by atoms with Gasteiger partial charge in [-0.15, -0.1) is 0 Å². The van der Waals surface area contributed by atoms with Crippen LogP contribution in [0.1, 0.15) is 25.7 Å². The summed E-state index contributed by atoms with van der Waals surface area (Å²) in [5.74, 6) is 2.25. The summed E-state index contributed by atoms with van der Waals surface area (Å²) in [5.41, 5.74) is 5.72. The monoisotopic (exact) mass is 348 g/mol. The molecule has 0 bridgehead atoms. The molecule has 1 aromatic carbocycles. The van der Waals surface area contributed by atoms with Gasteiger partial charge in [0.15, 0.2) is 11.6 Å². The van der Waals surface area contributed by atoms with Gasteiger partial charge in [0.05, 0.1) is 6.20 Å². The third-order valence-electron chi connectivity index (χ3n) is 4.20. The van der Waals surface area contributed by atoms with Gasteiger partial charge in [-0.1, -0.05) is 18.0 Å². The molecular weight excluding hydrogens is 328 g/mol. The summed E-state index contributed by atoms with van der Waals surface area (Å²) >= 11 is 5.89. The zero-order valence-electron chi connectivity index (χ0n) is 13.3. The van der Waals surface area contributed by atoms with Crippen LogP contribution < -0.4 is 15.8 Å². The number of anilines is 2. The van der Waals surface area contributed by atoms with E-state index in [-0.39, 0.29) is 18.6 Å². The fraction of sp³-hybridized carbons (Fsp3) is 0.412. The Kier molecular flexibility index (Phi) is 5.37. The van der Waals surface area contributed by atoms with Crippen molar-refractivity contribution >= 4 is 23.4 Å². The van der Waals surface area contributed by atoms with Crippen molar-refractivity contribution in [1.29, 1.82) is 0 Å². The number of benzene rings is 1. The number of hydrogen-bond donors (Lipinski definition) is 3. The summed E-state index contributed by atoms with van der Waals surface area (Å²) in [7, 11) is 0. The van der Waals surface area contributed by atoms with Crippen LogP contribution in [-0.4, -0.2) is 27.7 Å². The molecule has 2 atom stereocenters. The number of rotatable bonds is 5. The average molecular weight is 349 g/mol. The number of aliphatic hydroxyl groups is 1. The Balaban J connectivity index is 1.76. The molecule has 24 heavy (non-hydrogen) atoms. The number of nitrogens with two attached hydrogens (primary N) is 1. The molecule has 1 fully saturated rings. The van der Waals surface area contributed by atoms with Gasteiger partial charge < -0.3 is 20.9 Å². The molecule has 1 saturated carbocycles. The zero-order chi connectivity index (χ0) is 16.9. The third kappa shape index (κ3) is 4.27. The molecule has 1 aliphatic carbocycles. The fourth-order valence-electron chi connectivity index (χ4n) is 2.97. The van der Waals surface area contributed by atoms with Gasteiger partial charge in [-0.2, -0.15) is 4.98 Å². The van der Waals surface area contributed by atoms with Crippen molar-refractivity contribution in [3.05, 3.63) is 35.5 Å². The van der Waals surface area contributed by atoms with Gasteiger partial charge in [0.2, 0.25) is 5.95 Å². The van der Waals surface area contributed by atoms with E-state index in [1.54, 1.807) is 30.5 Å². The van der Waals surface area contributed by atoms with Gasteiger partial charge in [-0.25, -0.2) is 4.98 Å². The molecule has 0 spiro atoms. The van der Waals surface area contributed by atoms with Crippen LogP contribution in [-0.2, 0) is 0 Å². The lowest BCUT2D eigenvalue weighted by atomic mass is 9.86. The highest BCUT2D eigenvalue weighted by atomic mass is 35.5. The van der Waals surface area contributed by atoms with E-state index < -0.39 is 0 Å². The van der Waals surface area contributed by atoms with Gasteiger partial charge in [0.1, 0.15) is 5.75 Å². The molecule has 1 aromatic heterocycles. The van der Waals surface area contributed by atoms with Crippen molar-refractivity contribution < 1.29 is 9.84 Å². The lowest BCUT2D eigenvalue weighted by Gasteiger charge is -2.29. The topological polar surface area (TPSA) is 93.3 Å². The van der Waals surface area contributed by atoms with Gasteiger partial charge in [-0.05, 0) is 49.4 Å². The van der Waals surface area contributed by atoms with Crippen LogP contribution in [0.2, 0.25) is 5.02 Å². The van der Waals surface area contributed by atoms with Crippen molar-refractivity contribution in [2.45, 2.75) is 31.7 Å². The Morgan fingerprint density at radius 2 is 2.08 bits per heavy atom. The second-order valence-corrected chi connectivity index (χ2v) is 6.49. The summed E-state index contributed by atoms with van der Waals surface area (Å²) in [6.45, 7) is 0.220. The van der Waals surface area contributed by atoms with E-state index in [0.29, 0.717) is 28.3 Å². The van der Waals surface area contributed by atoms with E-state index in [1.807, 2.05) is 0 Å². The predicted molar refractivity (Wildman–Crippen MR) is 94.4 cm³/mol. The van der Waals surface area contributed by atoms with E-state index in [0.717, 1.165) is 25.7 Å². The maximum Gasteiger partial charge on any atom is 0.222 e. The van der Waals surface area contributed by atoms with Crippen LogP contribution in [0, 0.1) is 5.92 Å². The molecule has 2 unspecified atom stereocenters. The fourth-order valence-corrected chi connectivity index (χ4v) is 3.10. The van der Waals surface area contributed by atoms with E-state index in [1.165, 1.54) is 0 Å². The molecule has 3 rings (SSSR count). The predicted octanol–water partition coefficient (Wildman–Crippen LogP) is 3.47. The molecule has 0 aliphatic heterocycles. The SMILES string of the molecule is Nc1ncc(Oc2ccc(Cl)cc2)c(NC2CCCC(CO)C2)n1. The van der Waals surface area contributed by atoms with Gasteiger partial charge in [0, 0.05) is 17.7 Å². The Hall–Kier alpha value is -2.05. The smallest absolute Gasteiger partial charge is 0.222 e. The van der Waals surface area contributed by atoms with E-state index in [4.69, 9.17) is 22.1 Å². The Morgan fingerprint density at radius 3 is 2.83 bits per heavy atom. The minimum Gasteiger partial charge on any atom is -0.452 e. The number of nitrogens with zero attached hydrogens (tertiary/aromatic N) is 2. The van der Waals surface area contributed by atoms with E-state index in [2.05, 4.69) is 15.3 Å². The lowest BCUT2D eigenvalue weighted by molar-refractivity contribution is 0.184. The summed E-state index contributed by atoms with van der Waals surface area (Å²) in [5, 5.41) is 13.4. The van der Waals surface area contributed by atoms with Crippen molar-refractivity contribution in [2.75, 3.05) is 17.7 Å². The second-order valence-electron chi connectivity index (χ2n) is 6.05. The first-order valence-corrected chi connectivity index (χ1v) is 8.45. The van der Waals surface area contributed by atoms with Crippen molar-refractivity contribution in [3.8, 4) is 11.5 Å². The number of halogens is 1. The van der Waals surface area contributed by atoms with Crippen molar-refractivity contribution in [2.24, 2.45) is 5.92 Å². The van der Waals surface area contributed by atoms with Gasteiger partial charge in [0.25, 0.3) is 0 Å². The molecule has 0 radical (unpaired) electrons. The molecule has 1 aliphatic rings. The van der Waals surface area contributed by atoms with E-state index >= 15 is 0 Å². The number of aliphatic hydroxyl groups excluding tert-OH is 1. The maximum absolute atomic E-state index is 9.38. The molecule has 0 amide bonds. The standard InChI is InChI=1S/C17H21ClN4O2/c18-12-4-6-14(7-5-12)24-15-9-20-17(19)22-16(15)21-13-3-1-2-11(8-13)10-23/h4-7,9,11,13,23H,1-3,8,10H2,(H3,19,20,21,22). The minimum absolute atomic E-state index is 0.190. The number of nitrogen functional groups attached to an aromatic ring is 1. The van der Waals surface area contributed by atoms with Crippen LogP contribution in [0.5, 0.6) is 11.5 Å². The number of ether oxygens (including phenoxy) is 1. The first kappa shape index (κ1) is 16.8. The largest absolute Gasteiger partial charge is 0.452 e. The normalized spacial score (nSPS) is 20.6. The molecule has 1 heterocycles. The molecule has 7 heteroatoms. The zero-order valence-corrected chi connectivity index (χ0v) is 14.0. The summed E-state index contributed by atoms with van der Waals surface area (Å²) in [4.78, 5) is 8.29. The van der Waals surface area contributed by atoms with Crippen LogP contribution in [0.25, 0.3) is 0 Å². The lowest BCUT2D eigenvalue weighted by Crippen LogP contribution is -2.29. The van der Waals surface area contributed by atoms with Crippen molar-refractivity contribution in [1.82, 2.24) is 9.97 Å². The average Bonchev–Trinajstić information content (AvgIpc) is 2.59. The van der Waals surface area contributed by atoms with Crippen LogP contribution in [0.15, 0.2) is 30.5 Å². The maximum atomic E-state index is 9.38.